The van der Waals surface area contributed by atoms with Crippen molar-refractivity contribution in [3.63, 3.8) is 0 Å². The fraction of sp³-hybridized carbons (Fsp3) is 0.269. The second kappa shape index (κ2) is 10.3. The van der Waals surface area contributed by atoms with Crippen molar-refractivity contribution < 1.29 is 18.7 Å². The number of aromatic nitrogens is 2. The Balaban J connectivity index is 1.36. The largest absolute Gasteiger partial charge is 0.467 e. The Hall–Kier alpha value is -3.72. The molecule has 2 aromatic carbocycles. The summed E-state index contributed by atoms with van der Waals surface area (Å²) in [4.78, 5) is 30.7. The lowest BCUT2D eigenvalue weighted by atomic mass is 10.1. The topological polar surface area (TPSA) is 95.6 Å². The van der Waals surface area contributed by atoms with Crippen LogP contribution >= 0.6 is 11.8 Å². The van der Waals surface area contributed by atoms with E-state index in [1.165, 1.54) is 21.9 Å². The summed E-state index contributed by atoms with van der Waals surface area (Å²) in [6.07, 6.45) is 4.87. The maximum atomic E-state index is 13.4. The molecular weight excluding hydrogens is 466 g/mol. The molecule has 0 aliphatic carbocycles. The molecule has 5 rings (SSSR count). The van der Waals surface area contributed by atoms with Crippen molar-refractivity contribution in [3.05, 3.63) is 76.5 Å². The predicted molar refractivity (Wildman–Crippen MR) is 134 cm³/mol. The number of benzene rings is 2. The molecule has 35 heavy (non-hydrogen) atoms. The van der Waals surface area contributed by atoms with Crippen molar-refractivity contribution >= 4 is 34.3 Å². The fourth-order valence-electron chi connectivity index (χ4n) is 3.86. The minimum absolute atomic E-state index is 0.0955. The van der Waals surface area contributed by atoms with Gasteiger partial charge >= 0.3 is 0 Å². The van der Waals surface area contributed by atoms with Gasteiger partial charge in [0.2, 0.25) is 12.7 Å². The summed E-state index contributed by atoms with van der Waals surface area (Å²) in [5, 5.41) is 3.75. The van der Waals surface area contributed by atoms with Crippen LogP contribution in [0.3, 0.4) is 0 Å². The van der Waals surface area contributed by atoms with Gasteiger partial charge in [0.25, 0.3) is 5.56 Å². The van der Waals surface area contributed by atoms with E-state index in [1.54, 1.807) is 30.5 Å². The highest BCUT2D eigenvalue weighted by Crippen LogP contribution is 2.35. The molecule has 1 aliphatic heterocycles. The Morgan fingerprint density at radius 1 is 1.14 bits per heavy atom. The lowest BCUT2D eigenvalue weighted by molar-refractivity contribution is -0.113. The number of furan rings is 1. The van der Waals surface area contributed by atoms with E-state index in [-0.39, 0.29) is 30.6 Å². The summed E-state index contributed by atoms with van der Waals surface area (Å²) >= 11 is 1.20. The van der Waals surface area contributed by atoms with Gasteiger partial charge in [-0.25, -0.2) is 4.98 Å². The van der Waals surface area contributed by atoms with E-state index in [2.05, 4.69) is 17.2 Å². The Bertz CT molecular complexity index is 1400. The highest BCUT2D eigenvalue weighted by Gasteiger charge is 2.20. The van der Waals surface area contributed by atoms with Gasteiger partial charge in [-0.1, -0.05) is 37.2 Å². The number of unbranched alkanes of at least 4 members (excludes halogenated alkanes) is 1. The Labute approximate surface area is 206 Å². The van der Waals surface area contributed by atoms with Gasteiger partial charge in [0.15, 0.2) is 16.7 Å². The molecule has 0 fully saturated rings. The van der Waals surface area contributed by atoms with Crippen LogP contribution in [0.2, 0.25) is 0 Å². The summed E-state index contributed by atoms with van der Waals surface area (Å²) in [5.41, 5.74) is 2.24. The molecule has 8 nitrogen and oxygen atoms in total. The number of hydrogen-bond acceptors (Lipinski definition) is 7. The Morgan fingerprint density at radius 3 is 2.69 bits per heavy atom. The van der Waals surface area contributed by atoms with Crippen LogP contribution in [-0.2, 0) is 17.8 Å². The van der Waals surface area contributed by atoms with Crippen LogP contribution in [0, 0.1) is 0 Å². The third-order valence-corrected chi connectivity index (χ3v) is 6.67. The number of anilines is 1. The number of nitrogens with one attached hydrogen (secondary N) is 1. The maximum Gasteiger partial charge on any atom is 0.262 e. The monoisotopic (exact) mass is 491 g/mol. The number of ether oxygens (including phenoxy) is 2. The molecule has 1 aliphatic rings. The van der Waals surface area contributed by atoms with E-state index < -0.39 is 0 Å². The molecular formula is C26H25N3O5S. The number of aryl methyl sites for hydroxylation is 1. The van der Waals surface area contributed by atoms with Gasteiger partial charge in [0.05, 0.1) is 29.5 Å². The molecule has 3 heterocycles. The number of amides is 1. The zero-order valence-corrected chi connectivity index (χ0v) is 20.1. The van der Waals surface area contributed by atoms with E-state index in [0.29, 0.717) is 33.3 Å². The zero-order chi connectivity index (χ0) is 24.2. The van der Waals surface area contributed by atoms with E-state index in [0.717, 1.165) is 24.9 Å². The lowest BCUT2D eigenvalue weighted by Crippen LogP contribution is -2.24. The van der Waals surface area contributed by atoms with Gasteiger partial charge in [0, 0.05) is 11.8 Å². The minimum atomic E-state index is -0.240. The van der Waals surface area contributed by atoms with Crippen LogP contribution in [-0.4, -0.2) is 28.0 Å². The molecule has 0 saturated carbocycles. The molecule has 0 saturated heterocycles. The van der Waals surface area contributed by atoms with Crippen molar-refractivity contribution in [2.45, 2.75) is 37.9 Å². The molecule has 0 spiro atoms. The second-order valence-electron chi connectivity index (χ2n) is 8.22. The van der Waals surface area contributed by atoms with Crippen LogP contribution < -0.4 is 20.3 Å². The molecule has 1 amide bonds. The van der Waals surface area contributed by atoms with Crippen LogP contribution in [0.4, 0.5) is 5.69 Å². The molecule has 9 heteroatoms. The number of carbonyl (C=O) groups excluding carboxylic acids is 1. The van der Waals surface area contributed by atoms with Crippen LogP contribution in [0.15, 0.2) is 69.2 Å². The summed E-state index contributed by atoms with van der Waals surface area (Å²) in [7, 11) is 0. The number of nitrogens with zero attached hydrogens (tertiary/aromatic N) is 2. The second-order valence-corrected chi connectivity index (χ2v) is 9.17. The minimum Gasteiger partial charge on any atom is -0.467 e. The highest BCUT2D eigenvalue weighted by atomic mass is 32.2. The first-order chi connectivity index (χ1) is 17.1. The SMILES string of the molecule is CCCCc1ccc(NC(=O)CSc2nc3cc4c(cc3c(=O)n2Cc2ccco2)OCO4)cc1. The van der Waals surface area contributed by atoms with E-state index in [9.17, 15) is 9.59 Å². The molecule has 1 N–H and O–H groups in total. The van der Waals surface area contributed by atoms with Crippen molar-refractivity contribution in [3.8, 4) is 11.5 Å². The van der Waals surface area contributed by atoms with Gasteiger partial charge in [0.1, 0.15) is 5.76 Å². The Morgan fingerprint density at radius 2 is 1.94 bits per heavy atom. The van der Waals surface area contributed by atoms with Crippen molar-refractivity contribution in [1.29, 1.82) is 0 Å². The Kier molecular flexibility index (Phi) is 6.76. The van der Waals surface area contributed by atoms with Crippen molar-refractivity contribution in [1.82, 2.24) is 9.55 Å². The average Bonchev–Trinajstić information content (AvgIpc) is 3.55. The lowest BCUT2D eigenvalue weighted by Gasteiger charge is -2.13. The van der Waals surface area contributed by atoms with E-state index in [4.69, 9.17) is 13.9 Å². The summed E-state index contributed by atoms with van der Waals surface area (Å²) < 4.78 is 17.8. The number of hydrogen-bond donors (Lipinski definition) is 1. The first-order valence-electron chi connectivity index (χ1n) is 11.5. The maximum absolute atomic E-state index is 13.4. The van der Waals surface area contributed by atoms with E-state index in [1.807, 2.05) is 24.3 Å². The van der Waals surface area contributed by atoms with Crippen LogP contribution in [0.5, 0.6) is 11.5 Å². The molecule has 4 aromatic rings. The fourth-order valence-corrected chi connectivity index (χ4v) is 4.66. The number of rotatable bonds is 9. The predicted octanol–water partition coefficient (Wildman–Crippen LogP) is 4.84. The third kappa shape index (κ3) is 5.19. The standard InChI is InChI=1S/C26H25N3O5S/c1-2-3-5-17-7-9-18(10-8-17)27-24(30)15-35-26-28-21-13-23-22(33-16-34-23)12-20(21)25(31)29(26)14-19-6-4-11-32-19/h4,6-13H,2-3,5,14-16H2,1H3,(H,27,30). The zero-order valence-electron chi connectivity index (χ0n) is 19.3. The smallest absolute Gasteiger partial charge is 0.262 e. The quantitative estimate of drug-likeness (QED) is 0.264. The van der Waals surface area contributed by atoms with Gasteiger partial charge in [-0.15, -0.1) is 0 Å². The molecule has 180 valence electrons. The molecule has 0 unspecified atom stereocenters. The molecule has 0 bridgehead atoms. The number of thioether (sulfide) groups is 1. The summed E-state index contributed by atoms with van der Waals surface area (Å²) in [5.74, 6) is 1.59. The van der Waals surface area contributed by atoms with Gasteiger partial charge < -0.3 is 19.2 Å². The van der Waals surface area contributed by atoms with Crippen LogP contribution in [0.25, 0.3) is 10.9 Å². The summed E-state index contributed by atoms with van der Waals surface area (Å²) in [6.45, 7) is 2.47. The van der Waals surface area contributed by atoms with Crippen LogP contribution in [0.1, 0.15) is 31.1 Å². The first kappa shape index (κ1) is 23.0. The molecule has 2 aromatic heterocycles. The van der Waals surface area contributed by atoms with Gasteiger partial charge in [-0.2, -0.15) is 0 Å². The third-order valence-electron chi connectivity index (χ3n) is 5.70. The summed E-state index contributed by atoms with van der Waals surface area (Å²) in [6, 6.07) is 14.8. The van der Waals surface area contributed by atoms with Gasteiger partial charge in [-0.05, 0) is 48.7 Å². The first-order valence-corrected chi connectivity index (χ1v) is 12.5. The average molecular weight is 492 g/mol. The van der Waals surface area contributed by atoms with Gasteiger partial charge in [-0.3, -0.25) is 14.2 Å². The van der Waals surface area contributed by atoms with E-state index >= 15 is 0 Å². The number of fused-ring (bicyclic) bond motifs is 2. The normalized spacial score (nSPS) is 12.3. The highest BCUT2D eigenvalue weighted by molar-refractivity contribution is 7.99. The molecule has 0 atom stereocenters. The van der Waals surface area contributed by atoms with Crippen molar-refractivity contribution in [2.75, 3.05) is 17.9 Å². The molecule has 0 radical (unpaired) electrons. The van der Waals surface area contributed by atoms with Crippen molar-refractivity contribution in [2.24, 2.45) is 0 Å². The number of carbonyl (C=O) groups is 1.